The molecule has 0 aromatic heterocycles. The fraction of sp³-hybridized carbons (Fsp3) is 0.367. The van der Waals surface area contributed by atoms with Crippen LogP contribution in [0.15, 0.2) is 97.1 Å². The number of methoxy groups -OCH3 is 1. The molecular formula is C49H62O5. The largest absolute Gasteiger partial charge is 0.513 e. The van der Waals surface area contributed by atoms with Crippen molar-refractivity contribution in [2.75, 3.05) is 20.3 Å². The van der Waals surface area contributed by atoms with Crippen molar-refractivity contribution in [3.05, 3.63) is 158 Å². The van der Waals surface area contributed by atoms with Gasteiger partial charge in [-0.25, -0.2) is 4.79 Å². The van der Waals surface area contributed by atoms with Gasteiger partial charge in [0.05, 0.1) is 20.3 Å². The van der Waals surface area contributed by atoms with Gasteiger partial charge in [-0.3, -0.25) is 0 Å². The number of aryl methyl sites for hydroxylation is 6. The summed E-state index contributed by atoms with van der Waals surface area (Å²) in [7, 11) is 1.31. The van der Waals surface area contributed by atoms with Crippen LogP contribution in [0.2, 0.25) is 0 Å². The van der Waals surface area contributed by atoms with Crippen molar-refractivity contribution in [1.29, 1.82) is 0 Å². The number of benzene rings is 5. The Labute approximate surface area is 325 Å². The molecular weight excluding hydrogens is 669 g/mol. The molecule has 288 valence electrons. The zero-order chi connectivity index (χ0) is 40.2. The van der Waals surface area contributed by atoms with Gasteiger partial charge in [0.1, 0.15) is 17.2 Å². The van der Waals surface area contributed by atoms with Crippen molar-refractivity contribution in [2.45, 2.75) is 101 Å². The molecule has 5 nitrogen and oxygen atoms in total. The molecule has 0 saturated carbocycles. The molecule has 0 fully saturated rings. The lowest BCUT2D eigenvalue weighted by Gasteiger charge is -2.29. The number of ether oxygens (including phenoxy) is 4. The quantitative estimate of drug-likeness (QED) is 0.112. The minimum Gasteiger partial charge on any atom is -0.494 e. The molecule has 0 aliphatic heterocycles. The molecule has 5 aromatic rings. The molecule has 54 heavy (non-hydrogen) atoms. The first-order valence-corrected chi connectivity index (χ1v) is 18.9. The lowest BCUT2D eigenvalue weighted by Crippen LogP contribution is -2.20. The molecule has 0 aliphatic rings. The molecule has 5 rings (SSSR count). The van der Waals surface area contributed by atoms with E-state index in [1.165, 1.54) is 40.5 Å². The summed E-state index contributed by atoms with van der Waals surface area (Å²) in [5.74, 6) is 2.46. The lowest BCUT2D eigenvalue weighted by atomic mass is 9.76. The molecule has 0 aliphatic carbocycles. The molecule has 0 bridgehead atoms. The van der Waals surface area contributed by atoms with Crippen LogP contribution in [-0.2, 0) is 15.6 Å². The van der Waals surface area contributed by atoms with E-state index in [-0.39, 0.29) is 10.8 Å². The second-order valence-corrected chi connectivity index (χ2v) is 15.0. The Morgan fingerprint density at radius 3 is 1.22 bits per heavy atom. The van der Waals surface area contributed by atoms with Crippen LogP contribution in [0, 0.1) is 48.5 Å². The summed E-state index contributed by atoms with van der Waals surface area (Å²) in [5, 5.41) is 0. The highest BCUT2D eigenvalue weighted by Gasteiger charge is 2.27. The van der Waals surface area contributed by atoms with Gasteiger partial charge in [0.15, 0.2) is 0 Å². The Balaban J connectivity index is 0.000000256. The first-order chi connectivity index (χ1) is 25.5. The average molecular weight is 731 g/mol. The molecule has 0 N–H and O–H groups in total. The predicted molar refractivity (Wildman–Crippen MR) is 225 cm³/mol. The molecule has 5 heteroatoms. The van der Waals surface area contributed by atoms with E-state index >= 15 is 0 Å². The van der Waals surface area contributed by atoms with Gasteiger partial charge in [-0.15, -0.1) is 0 Å². The Bertz CT molecular complexity index is 1870. The van der Waals surface area contributed by atoms with Crippen LogP contribution in [0.3, 0.4) is 0 Å². The topological polar surface area (TPSA) is 54.0 Å². The van der Waals surface area contributed by atoms with Crippen LogP contribution in [0.1, 0.15) is 103 Å². The summed E-state index contributed by atoms with van der Waals surface area (Å²) in [6.07, 6.45) is -0.703. The maximum atomic E-state index is 11.5. The SMILES string of the molecule is CCOc1c(C)cc(C(C)(C)c2cc(C)c(OC(=O)OC)c(C)c2)cc1C.CCOc1ccc(C(C)(C)c2cc(C)c(C)c(C)c2)cc1.c1ccccc1. The Kier molecular flexibility index (Phi) is 15.5. The van der Waals surface area contributed by atoms with E-state index in [2.05, 4.69) is 128 Å². The molecule has 0 heterocycles. The van der Waals surface area contributed by atoms with E-state index in [1.54, 1.807) is 0 Å². The standard InChI is InChI=1S/C23H30O4.C20H26O.C6H6/c1-9-26-20-14(2)10-18(11-15(20)3)23(6,7)19-12-16(4)21(17(5)13-19)27-22(24)25-8;1-7-21-19-10-8-17(9-11-19)20(5,6)18-12-14(2)16(4)15(3)13-18;1-2-4-6-5-3-1/h10-13H,9H2,1-8H3;8-13H,7H2,1-6H3;1-6H. The maximum absolute atomic E-state index is 11.5. The Hall–Kier alpha value is -5.03. The number of hydrogen-bond acceptors (Lipinski definition) is 5. The van der Waals surface area contributed by atoms with E-state index in [0.717, 1.165) is 39.3 Å². The first kappa shape index (κ1) is 43.4. The normalized spacial score (nSPS) is 11.0. The van der Waals surface area contributed by atoms with Gasteiger partial charge in [-0.05, 0) is 136 Å². The zero-order valence-corrected chi connectivity index (χ0v) is 35.2. The fourth-order valence-electron chi connectivity index (χ4n) is 6.53. The highest BCUT2D eigenvalue weighted by Crippen LogP contribution is 2.39. The fourth-order valence-corrected chi connectivity index (χ4v) is 6.53. The second kappa shape index (κ2) is 19.3. The van der Waals surface area contributed by atoms with Crippen LogP contribution in [0.25, 0.3) is 0 Å². The third-order valence-corrected chi connectivity index (χ3v) is 10.2. The van der Waals surface area contributed by atoms with Gasteiger partial charge in [0.2, 0.25) is 0 Å². The summed E-state index contributed by atoms with van der Waals surface area (Å²) >= 11 is 0. The highest BCUT2D eigenvalue weighted by atomic mass is 16.7. The van der Waals surface area contributed by atoms with Crippen LogP contribution >= 0.6 is 0 Å². The summed E-state index contributed by atoms with van der Waals surface area (Å²) in [5.41, 5.74) is 13.1. The van der Waals surface area contributed by atoms with Crippen LogP contribution in [0.4, 0.5) is 4.79 Å². The maximum Gasteiger partial charge on any atom is 0.513 e. The van der Waals surface area contributed by atoms with E-state index < -0.39 is 6.16 Å². The molecule has 0 saturated heterocycles. The summed E-state index contributed by atoms with van der Waals surface area (Å²) in [6.45, 7) is 29.0. The van der Waals surface area contributed by atoms with Gasteiger partial charge in [-0.1, -0.05) is 113 Å². The predicted octanol–water partition coefficient (Wildman–Crippen LogP) is 12.8. The number of carbonyl (C=O) groups excluding carboxylic acids is 1. The molecule has 0 radical (unpaired) electrons. The van der Waals surface area contributed by atoms with Crippen molar-refractivity contribution in [2.24, 2.45) is 0 Å². The van der Waals surface area contributed by atoms with Crippen molar-refractivity contribution >= 4 is 6.16 Å². The summed E-state index contributed by atoms with van der Waals surface area (Å²) < 4.78 is 21.2. The van der Waals surface area contributed by atoms with E-state index in [0.29, 0.717) is 19.0 Å². The van der Waals surface area contributed by atoms with E-state index in [1.807, 2.05) is 64.1 Å². The van der Waals surface area contributed by atoms with Gasteiger partial charge in [0.25, 0.3) is 0 Å². The molecule has 0 spiro atoms. The number of carbonyl (C=O) groups is 1. The molecule has 0 atom stereocenters. The van der Waals surface area contributed by atoms with Crippen LogP contribution in [0.5, 0.6) is 17.2 Å². The van der Waals surface area contributed by atoms with Crippen molar-refractivity contribution < 1.29 is 23.7 Å². The molecule has 0 unspecified atom stereocenters. The smallest absolute Gasteiger partial charge is 0.494 e. The molecule has 5 aromatic carbocycles. The Morgan fingerprint density at radius 1 is 0.500 bits per heavy atom. The second-order valence-electron chi connectivity index (χ2n) is 15.0. The van der Waals surface area contributed by atoms with Gasteiger partial charge < -0.3 is 18.9 Å². The van der Waals surface area contributed by atoms with E-state index in [9.17, 15) is 4.79 Å². The number of hydrogen-bond donors (Lipinski definition) is 0. The number of rotatable bonds is 9. The summed E-state index contributed by atoms with van der Waals surface area (Å²) in [4.78, 5) is 11.5. The Morgan fingerprint density at radius 2 is 0.852 bits per heavy atom. The third-order valence-electron chi connectivity index (χ3n) is 10.2. The minimum atomic E-state index is -0.703. The van der Waals surface area contributed by atoms with Crippen molar-refractivity contribution in [1.82, 2.24) is 0 Å². The zero-order valence-electron chi connectivity index (χ0n) is 35.2. The van der Waals surface area contributed by atoms with Gasteiger partial charge >= 0.3 is 6.16 Å². The monoisotopic (exact) mass is 730 g/mol. The lowest BCUT2D eigenvalue weighted by molar-refractivity contribution is 0.121. The average Bonchev–Trinajstić information content (AvgIpc) is 3.14. The first-order valence-electron chi connectivity index (χ1n) is 18.9. The van der Waals surface area contributed by atoms with Gasteiger partial charge in [0, 0.05) is 10.8 Å². The van der Waals surface area contributed by atoms with Gasteiger partial charge in [-0.2, -0.15) is 0 Å². The van der Waals surface area contributed by atoms with Crippen LogP contribution < -0.4 is 14.2 Å². The highest BCUT2D eigenvalue weighted by molar-refractivity contribution is 5.66. The third kappa shape index (κ3) is 11.0. The molecule has 0 amide bonds. The summed E-state index contributed by atoms with van der Waals surface area (Å²) in [6, 6.07) is 33.7. The van der Waals surface area contributed by atoms with Crippen molar-refractivity contribution in [3.8, 4) is 17.2 Å². The van der Waals surface area contributed by atoms with Crippen molar-refractivity contribution in [3.63, 3.8) is 0 Å². The van der Waals surface area contributed by atoms with Crippen LogP contribution in [-0.4, -0.2) is 26.5 Å². The minimum absolute atomic E-state index is 0.00599. The van der Waals surface area contributed by atoms with E-state index in [4.69, 9.17) is 14.2 Å².